The van der Waals surface area contributed by atoms with Gasteiger partial charge in [0.2, 0.25) is 5.95 Å². The SMILES string of the molecule is Nc1ccc(C2CCNc3nc(C4CCCO4)nn32)cc1. The summed E-state index contributed by atoms with van der Waals surface area (Å²) in [6.45, 7) is 1.71. The van der Waals surface area contributed by atoms with Crippen molar-refractivity contribution in [3.8, 4) is 0 Å². The fourth-order valence-electron chi connectivity index (χ4n) is 3.06. The van der Waals surface area contributed by atoms with Gasteiger partial charge >= 0.3 is 0 Å². The van der Waals surface area contributed by atoms with E-state index in [1.54, 1.807) is 0 Å². The molecule has 1 saturated heterocycles. The Morgan fingerprint density at radius 3 is 2.86 bits per heavy atom. The monoisotopic (exact) mass is 285 g/mol. The molecule has 2 atom stereocenters. The lowest BCUT2D eigenvalue weighted by atomic mass is 10.0. The maximum Gasteiger partial charge on any atom is 0.222 e. The Bertz CT molecular complexity index is 630. The van der Waals surface area contributed by atoms with Crippen LogP contribution in [0, 0.1) is 0 Å². The van der Waals surface area contributed by atoms with Gasteiger partial charge in [0, 0.05) is 18.8 Å². The number of benzene rings is 1. The van der Waals surface area contributed by atoms with Gasteiger partial charge in [0.25, 0.3) is 0 Å². The summed E-state index contributed by atoms with van der Waals surface area (Å²) in [4.78, 5) is 4.62. The molecule has 0 radical (unpaired) electrons. The van der Waals surface area contributed by atoms with E-state index in [1.807, 2.05) is 16.8 Å². The lowest BCUT2D eigenvalue weighted by Crippen LogP contribution is -2.24. The maximum atomic E-state index is 5.77. The summed E-state index contributed by atoms with van der Waals surface area (Å²) >= 11 is 0. The van der Waals surface area contributed by atoms with E-state index >= 15 is 0 Å². The fourth-order valence-corrected chi connectivity index (χ4v) is 3.06. The summed E-state index contributed by atoms with van der Waals surface area (Å²) in [5.74, 6) is 1.64. The maximum absolute atomic E-state index is 5.77. The van der Waals surface area contributed by atoms with Gasteiger partial charge in [-0.15, -0.1) is 0 Å². The third-order valence-electron chi connectivity index (χ3n) is 4.18. The topological polar surface area (TPSA) is 78.0 Å². The molecule has 2 aromatic rings. The minimum Gasteiger partial charge on any atom is -0.399 e. The molecular weight excluding hydrogens is 266 g/mol. The number of hydrogen-bond donors (Lipinski definition) is 2. The molecule has 1 fully saturated rings. The quantitative estimate of drug-likeness (QED) is 0.826. The Morgan fingerprint density at radius 2 is 2.10 bits per heavy atom. The predicted molar refractivity (Wildman–Crippen MR) is 80.0 cm³/mol. The van der Waals surface area contributed by atoms with Crippen LogP contribution in [-0.2, 0) is 4.74 Å². The van der Waals surface area contributed by atoms with Gasteiger partial charge in [0.15, 0.2) is 5.82 Å². The Kier molecular flexibility index (Phi) is 3.03. The molecule has 0 bridgehead atoms. The molecule has 0 amide bonds. The molecule has 0 saturated carbocycles. The van der Waals surface area contributed by atoms with Crippen molar-refractivity contribution >= 4 is 11.6 Å². The second-order valence-corrected chi connectivity index (χ2v) is 5.64. The summed E-state index contributed by atoms with van der Waals surface area (Å²) < 4.78 is 7.68. The summed E-state index contributed by atoms with van der Waals surface area (Å²) in [5, 5.41) is 8.03. The first-order chi connectivity index (χ1) is 10.3. The van der Waals surface area contributed by atoms with E-state index in [4.69, 9.17) is 15.6 Å². The van der Waals surface area contributed by atoms with Crippen molar-refractivity contribution < 1.29 is 4.74 Å². The molecule has 2 aliphatic rings. The molecule has 3 heterocycles. The first kappa shape index (κ1) is 12.6. The highest BCUT2D eigenvalue weighted by atomic mass is 16.5. The molecule has 0 spiro atoms. The van der Waals surface area contributed by atoms with Gasteiger partial charge in [-0.25, -0.2) is 4.68 Å². The van der Waals surface area contributed by atoms with Crippen LogP contribution in [0.15, 0.2) is 24.3 Å². The Morgan fingerprint density at radius 1 is 1.24 bits per heavy atom. The molecule has 1 aromatic carbocycles. The van der Waals surface area contributed by atoms with Gasteiger partial charge in [-0.2, -0.15) is 10.1 Å². The van der Waals surface area contributed by atoms with Crippen molar-refractivity contribution in [2.75, 3.05) is 24.2 Å². The molecule has 4 rings (SSSR count). The Balaban J connectivity index is 1.68. The zero-order valence-corrected chi connectivity index (χ0v) is 11.8. The van der Waals surface area contributed by atoms with Gasteiger partial charge in [-0.1, -0.05) is 12.1 Å². The molecule has 1 aromatic heterocycles. The summed E-state index contributed by atoms with van der Waals surface area (Å²) in [5.41, 5.74) is 7.78. The minimum atomic E-state index is 0.0527. The standard InChI is InChI=1S/C15H19N5O/c16-11-5-3-10(4-6-11)12-7-8-17-15-18-14(19-20(12)15)13-2-1-9-21-13/h3-6,12-13H,1-2,7-9,16H2,(H,17,18,19). The first-order valence-corrected chi connectivity index (χ1v) is 7.48. The lowest BCUT2D eigenvalue weighted by molar-refractivity contribution is 0.105. The van der Waals surface area contributed by atoms with E-state index < -0.39 is 0 Å². The number of nitrogens with one attached hydrogen (secondary N) is 1. The van der Waals surface area contributed by atoms with Crippen molar-refractivity contribution in [2.24, 2.45) is 0 Å². The average molecular weight is 285 g/mol. The Hall–Kier alpha value is -2.08. The number of ether oxygens (including phenoxy) is 1. The molecule has 6 nitrogen and oxygen atoms in total. The largest absolute Gasteiger partial charge is 0.399 e. The smallest absolute Gasteiger partial charge is 0.222 e. The van der Waals surface area contributed by atoms with Gasteiger partial charge in [-0.05, 0) is 37.0 Å². The molecule has 110 valence electrons. The third kappa shape index (κ3) is 2.25. The van der Waals surface area contributed by atoms with Crippen LogP contribution in [0.2, 0.25) is 0 Å². The van der Waals surface area contributed by atoms with E-state index in [9.17, 15) is 0 Å². The summed E-state index contributed by atoms with van der Waals surface area (Å²) in [7, 11) is 0. The van der Waals surface area contributed by atoms with Crippen LogP contribution in [0.25, 0.3) is 0 Å². The van der Waals surface area contributed by atoms with Crippen LogP contribution in [0.5, 0.6) is 0 Å². The number of fused-ring (bicyclic) bond motifs is 1. The van der Waals surface area contributed by atoms with E-state index in [0.29, 0.717) is 0 Å². The van der Waals surface area contributed by atoms with Crippen LogP contribution < -0.4 is 11.1 Å². The Labute approximate surface area is 123 Å². The number of anilines is 2. The predicted octanol–water partition coefficient (Wildman–Crippen LogP) is 2.12. The normalized spacial score (nSPS) is 24.6. The number of nitrogens with zero attached hydrogens (tertiary/aromatic N) is 3. The van der Waals surface area contributed by atoms with Crippen LogP contribution in [0.1, 0.15) is 42.8 Å². The second kappa shape index (κ2) is 5.04. The highest BCUT2D eigenvalue weighted by Crippen LogP contribution is 2.32. The second-order valence-electron chi connectivity index (χ2n) is 5.64. The number of rotatable bonds is 2. The highest BCUT2D eigenvalue weighted by molar-refractivity contribution is 5.41. The van der Waals surface area contributed by atoms with Crippen LogP contribution in [-0.4, -0.2) is 27.9 Å². The summed E-state index contributed by atoms with van der Waals surface area (Å²) in [6.07, 6.45) is 3.14. The molecule has 0 aliphatic carbocycles. The highest BCUT2D eigenvalue weighted by Gasteiger charge is 2.28. The lowest BCUT2D eigenvalue weighted by Gasteiger charge is -2.24. The van der Waals surface area contributed by atoms with Crippen molar-refractivity contribution in [1.82, 2.24) is 14.8 Å². The molecule has 6 heteroatoms. The first-order valence-electron chi connectivity index (χ1n) is 7.48. The zero-order chi connectivity index (χ0) is 14.2. The van der Waals surface area contributed by atoms with Crippen molar-refractivity contribution in [3.63, 3.8) is 0 Å². The van der Waals surface area contributed by atoms with Crippen LogP contribution in [0.4, 0.5) is 11.6 Å². The number of aromatic nitrogens is 3. The van der Waals surface area contributed by atoms with Gasteiger partial charge < -0.3 is 15.8 Å². The fraction of sp³-hybridized carbons (Fsp3) is 0.467. The van der Waals surface area contributed by atoms with Gasteiger partial charge in [-0.3, -0.25) is 0 Å². The average Bonchev–Trinajstić information content (AvgIpc) is 3.16. The third-order valence-corrected chi connectivity index (χ3v) is 4.18. The van der Waals surface area contributed by atoms with E-state index in [-0.39, 0.29) is 12.1 Å². The number of hydrogen-bond acceptors (Lipinski definition) is 5. The summed E-state index contributed by atoms with van der Waals surface area (Å²) in [6, 6.07) is 8.24. The van der Waals surface area contributed by atoms with Crippen molar-refractivity contribution in [2.45, 2.75) is 31.4 Å². The molecular formula is C15H19N5O. The van der Waals surface area contributed by atoms with Crippen molar-refractivity contribution in [3.05, 3.63) is 35.7 Å². The van der Waals surface area contributed by atoms with Crippen molar-refractivity contribution in [1.29, 1.82) is 0 Å². The van der Waals surface area contributed by atoms with Crippen LogP contribution >= 0.6 is 0 Å². The van der Waals surface area contributed by atoms with Crippen LogP contribution in [0.3, 0.4) is 0 Å². The molecule has 2 unspecified atom stereocenters. The van der Waals surface area contributed by atoms with E-state index in [1.165, 1.54) is 5.56 Å². The van der Waals surface area contributed by atoms with Gasteiger partial charge in [0.05, 0.1) is 6.04 Å². The zero-order valence-electron chi connectivity index (χ0n) is 11.8. The van der Waals surface area contributed by atoms with E-state index in [0.717, 1.165) is 49.9 Å². The minimum absolute atomic E-state index is 0.0527. The number of nitrogens with two attached hydrogens (primary N) is 1. The number of nitrogen functional groups attached to an aromatic ring is 1. The molecule has 2 aliphatic heterocycles. The van der Waals surface area contributed by atoms with E-state index in [2.05, 4.69) is 22.4 Å². The molecule has 21 heavy (non-hydrogen) atoms. The molecule has 3 N–H and O–H groups in total. The van der Waals surface area contributed by atoms with Gasteiger partial charge in [0.1, 0.15) is 6.10 Å².